The van der Waals surface area contributed by atoms with Crippen molar-refractivity contribution in [1.29, 1.82) is 0 Å². The number of anilines is 1. The zero-order valence-corrected chi connectivity index (χ0v) is 15.8. The minimum absolute atomic E-state index is 0.131. The summed E-state index contributed by atoms with van der Waals surface area (Å²) in [5, 5.41) is 9.21. The number of methoxy groups -OCH3 is 1. The van der Waals surface area contributed by atoms with E-state index in [-0.39, 0.29) is 12.5 Å². The minimum atomic E-state index is -0.233. The van der Waals surface area contributed by atoms with Crippen LogP contribution < -0.4 is 15.5 Å². The SMILES string of the molecule is COc1ccc2ccccc2c1/C=N\NC(=O)CNc1ccc(Br)cc1. The Labute approximate surface area is 160 Å². The van der Waals surface area contributed by atoms with Gasteiger partial charge in [-0.15, -0.1) is 0 Å². The Bertz CT molecular complexity index is 939. The molecule has 3 aromatic carbocycles. The van der Waals surface area contributed by atoms with Gasteiger partial charge in [0.05, 0.1) is 19.9 Å². The predicted octanol–water partition coefficient (Wildman–Crippen LogP) is 4.17. The lowest BCUT2D eigenvalue weighted by molar-refractivity contribution is -0.119. The summed E-state index contributed by atoms with van der Waals surface area (Å²) in [4.78, 5) is 12.0. The maximum Gasteiger partial charge on any atom is 0.259 e. The Morgan fingerprint density at radius 2 is 1.88 bits per heavy atom. The van der Waals surface area contributed by atoms with E-state index in [1.165, 1.54) is 0 Å². The Balaban J connectivity index is 1.65. The largest absolute Gasteiger partial charge is 0.496 e. The van der Waals surface area contributed by atoms with Crippen LogP contribution in [0.15, 0.2) is 70.2 Å². The van der Waals surface area contributed by atoms with Crippen LogP contribution in [-0.4, -0.2) is 25.8 Å². The molecular formula is C20H18BrN3O2. The number of amides is 1. The Kier molecular flexibility index (Phi) is 5.86. The zero-order valence-electron chi connectivity index (χ0n) is 14.2. The van der Waals surface area contributed by atoms with Gasteiger partial charge in [-0.05, 0) is 41.1 Å². The number of nitrogens with zero attached hydrogens (tertiary/aromatic N) is 1. The third-order valence-electron chi connectivity index (χ3n) is 3.83. The molecule has 0 aromatic heterocycles. The number of nitrogens with one attached hydrogen (secondary N) is 2. The number of fused-ring (bicyclic) bond motifs is 1. The standard InChI is InChI=1S/C20H18BrN3O2/c1-26-19-11-6-14-4-2-3-5-17(14)18(19)12-23-24-20(25)13-22-16-9-7-15(21)8-10-16/h2-12,22H,13H2,1H3,(H,24,25)/b23-12-. The normalized spacial score (nSPS) is 10.8. The summed E-state index contributed by atoms with van der Waals surface area (Å²) in [6.07, 6.45) is 1.61. The molecule has 5 nitrogen and oxygen atoms in total. The van der Waals surface area contributed by atoms with Gasteiger partial charge in [-0.25, -0.2) is 5.43 Å². The molecule has 6 heteroatoms. The quantitative estimate of drug-likeness (QED) is 0.472. The van der Waals surface area contributed by atoms with E-state index in [2.05, 4.69) is 31.8 Å². The Morgan fingerprint density at radius 1 is 1.12 bits per heavy atom. The molecule has 0 bridgehead atoms. The summed E-state index contributed by atoms with van der Waals surface area (Å²) in [7, 11) is 1.61. The second-order valence-corrected chi connectivity index (χ2v) is 6.47. The highest BCUT2D eigenvalue weighted by Crippen LogP contribution is 2.26. The van der Waals surface area contributed by atoms with Crippen molar-refractivity contribution in [3.8, 4) is 5.75 Å². The van der Waals surface area contributed by atoms with E-state index >= 15 is 0 Å². The van der Waals surface area contributed by atoms with E-state index in [1.54, 1.807) is 13.3 Å². The van der Waals surface area contributed by atoms with Gasteiger partial charge in [0.2, 0.25) is 0 Å². The number of carbonyl (C=O) groups is 1. The molecule has 132 valence electrons. The van der Waals surface area contributed by atoms with Crippen LogP contribution in [0.4, 0.5) is 5.69 Å². The highest BCUT2D eigenvalue weighted by Gasteiger charge is 2.06. The first kappa shape index (κ1) is 17.9. The van der Waals surface area contributed by atoms with Gasteiger partial charge in [0, 0.05) is 15.7 Å². The first-order valence-electron chi connectivity index (χ1n) is 8.04. The molecule has 0 aliphatic rings. The van der Waals surface area contributed by atoms with Crippen molar-refractivity contribution in [3.63, 3.8) is 0 Å². The average Bonchev–Trinajstić information content (AvgIpc) is 2.67. The monoisotopic (exact) mass is 411 g/mol. The summed E-state index contributed by atoms with van der Waals surface area (Å²) in [6.45, 7) is 0.131. The van der Waals surface area contributed by atoms with Crippen LogP contribution in [0.5, 0.6) is 5.75 Å². The van der Waals surface area contributed by atoms with Crippen LogP contribution in [0.2, 0.25) is 0 Å². The highest BCUT2D eigenvalue weighted by molar-refractivity contribution is 9.10. The van der Waals surface area contributed by atoms with Crippen LogP contribution in [0, 0.1) is 0 Å². The van der Waals surface area contributed by atoms with Crippen molar-refractivity contribution in [1.82, 2.24) is 5.43 Å². The number of hydrogen-bond acceptors (Lipinski definition) is 4. The predicted molar refractivity (Wildman–Crippen MR) is 109 cm³/mol. The molecule has 0 spiro atoms. The lowest BCUT2D eigenvalue weighted by Crippen LogP contribution is -2.25. The molecular weight excluding hydrogens is 394 g/mol. The van der Waals surface area contributed by atoms with Crippen molar-refractivity contribution >= 4 is 44.5 Å². The molecule has 3 rings (SSSR count). The number of carbonyl (C=O) groups excluding carboxylic acids is 1. The van der Waals surface area contributed by atoms with Crippen LogP contribution in [0.3, 0.4) is 0 Å². The Morgan fingerprint density at radius 3 is 2.65 bits per heavy atom. The fourth-order valence-corrected chi connectivity index (χ4v) is 2.81. The number of hydrogen-bond donors (Lipinski definition) is 2. The third kappa shape index (κ3) is 4.40. The van der Waals surface area contributed by atoms with E-state index in [9.17, 15) is 4.79 Å². The van der Waals surface area contributed by atoms with Crippen LogP contribution in [0.25, 0.3) is 10.8 Å². The number of ether oxygens (including phenoxy) is 1. The number of rotatable bonds is 6. The first-order chi connectivity index (χ1) is 12.7. The average molecular weight is 412 g/mol. The van der Waals surface area contributed by atoms with Crippen LogP contribution >= 0.6 is 15.9 Å². The summed E-state index contributed by atoms with van der Waals surface area (Å²) in [5.74, 6) is 0.470. The smallest absolute Gasteiger partial charge is 0.259 e. The Hall–Kier alpha value is -2.86. The van der Waals surface area contributed by atoms with Gasteiger partial charge >= 0.3 is 0 Å². The molecule has 0 saturated carbocycles. The number of hydrazone groups is 1. The lowest BCUT2D eigenvalue weighted by atomic mass is 10.0. The van der Waals surface area contributed by atoms with Crippen molar-refractivity contribution < 1.29 is 9.53 Å². The van der Waals surface area contributed by atoms with Gasteiger partial charge in [-0.3, -0.25) is 4.79 Å². The molecule has 26 heavy (non-hydrogen) atoms. The van der Waals surface area contributed by atoms with Crippen LogP contribution in [-0.2, 0) is 4.79 Å². The van der Waals surface area contributed by atoms with Gasteiger partial charge in [-0.2, -0.15) is 5.10 Å². The van der Waals surface area contributed by atoms with E-state index < -0.39 is 0 Å². The van der Waals surface area contributed by atoms with Gasteiger partial charge < -0.3 is 10.1 Å². The molecule has 3 aromatic rings. The molecule has 0 aliphatic heterocycles. The molecule has 0 aliphatic carbocycles. The molecule has 0 fully saturated rings. The fraction of sp³-hybridized carbons (Fsp3) is 0.100. The van der Waals surface area contributed by atoms with Gasteiger partial charge in [0.15, 0.2) is 0 Å². The first-order valence-corrected chi connectivity index (χ1v) is 8.84. The maximum absolute atomic E-state index is 12.0. The van der Waals surface area contributed by atoms with Crippen molar-refractivity contribution in [2.24, 2.45) is 5.10 Å². The van der Waals surface area contributed by atoms with E-state index in [4.69, 9.17) is 4.74 Å². The summed E-state index contributed by atoms with van der Waals surface area (Å²) in [6, 6.07) is 19.4. The summed E-state index contributed by atoms with van der Waals surface area (Å²) >= 11 is 3.37. The number of halogens is 1. The van der Waals surface area contributed by atoms with Gasteiger partial charge in [-0.1, -0.05) is 46.3 Å². The van der Waals surface area contributed by atoms with E-state index in [0.717, 1.165) is 26.5 Å². The molecule has 2 N–H and O–H groups in total. The van der Waals surface area contributed by atoms with Gasteiger partial charge in [0.1, 0.15) is 5.75 Å². The molecule has 0 radical (unpaired) electrons. The van der Waals surface area contributed by atoms with Gasteiger partial charge in [0.25, 0.3) is 5.91 Å². The molecule has 0 unspecified atom stereocenters. The fourth-order valence-electron chi connectivity index (χ4n) is 2.55. The van der Waals surface area contributed by atoms with Crippen molar-refractivity contribution in [3.05, 3.63) is 70.7 Å². The third-order valence-corrected chi connectivity index (χ3v) is 4.36. The maximum atomic E-state index is 12.0. The molecule has 0 atom stereocenters. The minimum Gasteiger partial charge on any atom is -0.496 e. The van der Waals surface area contributed by atoms with E-state index in [0.29, 0.717) is 5.75 Å². The van der Waals surface area contributed by atoms with Crippen LogP contribution in [0.1, 0.15) is 5.56 Å². The topological polar surface area (TPSA) is 62.7 Å². The molecule has 1 amide bonds. The summed E-state index contributed by atoms with van der Waals surface area (Å²) < 4.78 is 6.39. The second-order valence-electron chi connectivity index (χ2n) is 5.56. The number of benzene rings is 3. The molecule has 0 heterocycles. The molecule has 0 saturated heterocycles. The van der Waals surface area contributed by atoms with E-state index in [1.807, 2.05) is 60.7 Å². The summed E-state index contributed by atoms with van der Waals surface area (Å²) in [5.41, 5.74) is 4.22. The highest BCUT2D eigenvalue weighted by atomic mass is 79.9. The second kappa shape index (κ2) is 8.49. The van der Waals surface area contributed by atoms with Crippen molar-refractivity contribution in [2.75, 3.05) is 19.0 Å². The zero-order chi connectivity index (χ0) is 18.4. The van der Waals surface area contributed by atoms with Crippen molar-refractivity contribution in [2.45, 2.75) is 0 Å². The lowest BCUT2D eigenvalue weighted by Gasteiger charge is -2.08.